The highest BCUT2D eigenvalue weighted by Crippen LogP contribution is 2.14. The zero-order chi connectivity index (χ0) is 11.2. The van der Waals surface area contributed by atoms with E-state index >= 15 is 0 Å². The Morgan fingerprint density at radius 3 is 2.50 bits per heavy atom. The summed E-state index contributed by atoms with van der Waals surface area (Å²) in [5, 5.41) is 0. The minimum absolute atomic E-state index is 0. The Hall–Kier alpha value is -0.640. The topological polar surface area (TPSA) is 38.5 Å². The third-order valence-corrected chi connectivity index (χ3v) is 2.98. The van der Waals surface area contributed by atoms with Gasteiger partial charge in [-0.3, -0.25) is 4.90 Å². The summed E-state index contributed by atoms with van der Waals surface area (Å²) in [5.41, 5.74) is 6.44. The number of hydrogen-bond acceptors (Lipinski definition) is 3. The summed E-state index contributed by atoms with van der Waals surface area (Å²) in [6.45, 7) is 4.22. The van der Waals surface area contributed by atoms with Crippen molar-refractivity contribution in [1.29, 1.82) is 0 Å². The van der Waals surface area contributed by atoms with Gasteiger partial charge in [0.15, 0.2) is 0 Å². The zero-order valence-corrected chi connectivity index (χ0v) is 12.1. The van der Waals surface area contributed by atoms with E-state index in [0.29, 0.717) is 0 Å². The number of nitrogen functional groups attached to an aromatic ring is 1. The number of nitrogens with zero attached hydrogens (tertiary/aromatic N) is 1. The van der Waals surface area contributed by atoms with Crippen LogP contribution in [0.1, 0.15) is 19.3 Å². The molecule has 0 spiro atoms. The first kappa shape index (κ1) is 17.4. The van der Waals surface area contributed by atoms with Gasteiger partial charge < -0.3 is 10.5 Å². The molecule has 5 heteroatoms. The maximum Gasteiger partial charge on any atom is 0.121 e. The van der Waals surface area contributed by atoms with Crippen LogP contribution in [0.2, 0.25) is 0 Å². The smallest absolute Gasteiger partial charge is 0.121 e. The highest BCUT2D eigenvalue weighted by molar-refractivity contribution is 5.85. The summed E-state index contributed by atoms with van der Waals surface area (Å²) < 4.78 is 5.67. The first-order valence-electron chi connectivity index (χ1n) is 6.05. The second-order valence-electron chi connectivity index (χ2n) is 4.32. The van der Waals surface area contributed by atoms with Crippen molar-refractivity contribution in [3.05, 3.63) is 24.3 Å². The van der Waals surface area contributed by atoms with Crippen molar-refractivity contribution in [3.63, 3.8) is 0 Å². The van der Waals surface area contributed by atoms with Gasteiger partial charge in [0.2, 0.25) is 0 Å². The maximum absolute atomic E-state index is 5.68. The predicted octanol–water partition coefficient (Wildman–Crippen LogP) is 2.98. The minimum atomic E-state index is 0. The van der Waals surface area contributed by atoms with Crippen LogP contribution in [-0.4, -0.2) is 31.1 Å². The Morgan fingerprint density at radius 1 is 1.11 bits per heavy atom. The number of benzene rings is 1. The molecule has 0 aromatic heterocycles. The number of nitrogens with two attached hydrogens (primary N) is 1. The van der Waals surface area contributed by atoms with Crippen LogP contribution in [0.5, 0.6) is 5.75 Å². The molecule has 0 bridgehead atoms. The van der Waals surface area contributed by atoms with E-state index in [1.165, 1.54) is 32.4 Å². The van der Waals surface area contributed by atoms with E-state index in [1.54, 1.807) is 0 Å². The van der Waals surface area contributed by atoms with Crippen LogP contribution in [-0.2, 0) is 0 Å². The van der Waals surface area contributed by atoms with Crippen LogP contribution in [0.4, 0.5) is 5.69 Å². The second kappa shape index (κ2) is 9.31. The van der Waals surface area contributed by atoms with Gasteiger partial charge in [-0.1, -0.05) is 12.5 Å². The molecular formula is C13H22Cl2N2O. The Kier molecular flexibility index (Phi) is 8.98. The molecule has 1 aliphatic rings. The van der Waals surface area contributed by atoms with Gasteiger partial charge in [-0.25, -0.2) is 0 Å². The molecular weight excluding hydrogens is 271 g/mol. The number of rotatable bonds is 4. The van der Waals surface area contributed by atoms with E-state index < -0.39 is 0 Å². The summed E-state index contributed by atoms with van der Waals surface area (Å²) >= 11 is 0. The number of likely N-dealkylation sites (tertiary alicyclic amines) is 1. The number of hydrogen-bond donors (Lipinski definition) is 1. The monoisotopic (exact) mass is 292 g/mol. The van der Waals surface area contributed by atoms with Crippen molar-refractivity contribution >= 4 is 30.5 Å². The van der Waals surface area contributed by atoms with Crippen LogP contribution < -0.4 is 10.5 Å². The van der Waals surface area contributed by atoms with Crippen LogP contribution in [0.3, 0.4) is 0 Å². The van der Waals surface area contributed by atoms with Crippen molar-refractivity contribution in [2.45, 2.75) is 19.3 Å². The molecule has 2 N–H and O–H groups in total. The third kappa shape index (κ3) is 5.80. The van der Waals surface area contributed by atoms with Gasteiger partial charge in [0, 0.05) is 18.3 Å². The quantitative estimate of drug-likeness (QED) is 0.867. The van der Waals surface area contributed by atoms with Crippen molar-refractivity contribution < 1.29 is 4.74 Å². The second-order valence-corrected chi connectivity index (χ2v) is 4.32. The number of ether oxygens (including phenoxy) is 1. The molecule has 0 saturated carbocycles. The summed E-state index contributed by atoms with van der Waals surface area (Å²) in [6, 6.07) is 7.62. The SMILES string of the molecule is Cl.Cl.Nc1cccc(OCCN2CCCCC2)c1. The van der Waals surface area contributed by atoms with E-state index in [-0.39, 0.29) is 24.8 Å². The Labute approximate surface area is 121 Å². The average molecular weight is 293 g/mol. The van der Waals surface area contributed by atoms with Gasteiger partial charge in [-0.05, 0) is 38.1 Å². The van der Waals surface area contributed by atoms with Gasteiger partial charge >= 0.3 is 0 Å². The molecule has 0 amide bonds. The largest absolute Gasteiger partial charge is 0.492 e. The Balaban J connectivity index is 0.00000144. The Bertz CT molecular complexity index is 331. The molecule has 0 aliphatic carbocycles. The molecule has 0 atom stereocenters. The molecule has 104 valence electrons. The van der Waals surface area contributed by atoms with Crippen LogP contribution in [0.15, 0.2) is 24.3 Å². The fourth-order valence-corrected chi connectivity index (χ4v) is 2.08. The molecule has 1 aromatic rings. The van der Waals surface area contributed by atoms with Crippen molar-refractivity contribution in [1.82, 2.24) is 4.90 Å². The lowest BCUT2D eigenvalue weighted by Gasteiger charge is -2.26. The molecule has 1 fully saturated rings. The molecule has 3 nitrogen and oxygen atoms in total. The minimum Gasteiger partial charge on any atom is -0.492 e. The van der Waals surface area contributed by atoms with E-state index in [9.17, 15) is 0 Å². The summed E-state index contributed by atoms with van der Waals surface area (Å²) in [4.78, 5) is 2.47. The maximum atomic E-state index is 5.68. The van der Waals surface area contributed by atoms with Crippen molar-refractivity contribution in [2.24, 2.45) is 0 Å². The predicted molar refractivity (Wildman–Crippen MR) is 81.1 cm³/mol. The van der Waals surface area contributed by atoms with Crippen molar-refractivity contribution in [2.75, 3.05) is 32.0 Å². The lowest BCUT2D eigenvalue weighted by molar-refractivity contribution is 0.183. The highest BCUT2D eigenvalue weighted by Gasteiger charge is 2.09. The molecule has 0 radical (unpaired) electrons. The van der Waals surface area contributed by atoms with E-state index in [2.05, 4.69) is 4.90 Å². The fourth-order valence-electron chi connectivity index (χ4n) is 2.08. The van der Waals surface area contributed by atoms with Crippen LogP contribution in [0.25, 0.3) is 0 Å². The van der Waals surface area contributed by atoms with Crippen LogP contribution in [0, 0.1) is 0 Å². The van der Waals surface area contributed by atoms with Gasteiger partial charge in [0.05, 0.1) is 0 Å². The summed E-state index contributed by atoms with van der Waals surface area (Å²) in [7, 11) is 0. The number of piperidine rings is 1. The van der Waals surface area contributed by atoms with E-state index in [4.69, 9.17) is 10.5 Å². The van der Waals surface area contributed by atoms with E-state index in [1.807, 2.05) is 24.3 Å². The Morgan fingerprint density at radius 2 is 1.83 bits per heavy atom. The van der Waals surface area contributed by atoms with Gasteiger partial charge in [-0.15, -0.1) is 24.8 Å². The molecule has 1 aliphatic heterocycles. The van der Waals surface area contributed by atoms with Gasteiger partial charge in [0.1, 0.15) is 12.4 Å². The van der Waals surface area contributed by atoms with Crippen molar-refractivity contribution in [3.8, 4) is 5.75 Å². The lowest BCUT2D eigenvalue weighted by atomic mass is 10.1. The summed E-state index contributed by atoms with van der Waals surface area (Å²) in [6.07, 6.45) is 4.04. The fraction of sp³-hybridized carbons (Fsp3) is 0.538. The number of halogens is 2. The number of anilines is 1. The molecule has 0 unspecified atom stereocenters. The first-order valence-corrected chi connectivity index (χ1v) is 6.05. The first-order chi connectivity index (χ1) is 7.84. The molecule has 1 aromatic carbocycles. The standard InChI is InChI=1S/C13H20N2O.2ClH/c14-12-5-4-6-13(11-12)16-10-9-15-7-2-1-3-8-15;;/h4-6,11H,1-3,7-10,14H2;2*1H. The highest BCUT2D eigenvalue weighted by atomic mass is 35.5. The van der Waals surface area contributed by atoms with Gasteiger partial charge in [0.25, 0.3) is 0 Å². The van der Waals surface area contributed by atoms with Crippen LogP contribution >= 0.6 is 24.8 Å². The average Bonchev–Trinajstić information content (AvgIpc) is 2.30. The molecule has 18 heavy (non-hydrogen) atoms. The summed E-state index contributed by atoms with van der Waals surface area (Å²) in [5.74, 6) is 0.872. The van der Waals surface area contributed by atoms with E-state index in [0.717, 1.165) is 24.6 Å². The lowest BCUT2D eigenvalue weighted by Crippen LogP contribution is -2.33. The molecule has 2 rings (SSSR count). The molecule has 1 heterocycles. The van der Waals surface area contributed by atoms with Gasteiger partial charge in [-0.2, -0.15) is 0 Å². The normalized spacial score (nSPS) is 15.3. The molecule has 1 saturated heterocycles. The third-order valence-electron chi connectivity index (χ3n) is 2.98. The zero-order valence-electron chi connectivity index (χ0n) is 10.5.